The maximum atomic E-state index is 14.2. The third-order valence-corrected chi connectivity index (χ3v) is 3.70. The maximum Gasteiger partial charge on any atom is 0.146 e. The average molecular weight is 339 g/mol. The Labute approximate surface area is 119 Å². The Morgan fingerprint density at radius 2 is 2.28 bits per heavy atom. The Kier molecular flexibility index (Phi) is 3.88. The van der Waals surface area contributed by atoms with Gasteiger partial charge in [-0.2, -0.15) is 5.48 Å². The standard InChI is InChI=1S/C12H14BrClFNO2/c1-12(2)5-8(16-17-3)9-10(15)6(13)4-7(14)11(9)18-12/h4,8,16H,5H2,1-3H3. The number of rotatable bonds is 2. The van der Waals surface area contributed by atoms with Crippen LogP contribution in [-0.4, -0.2) is 12.7 Å². The summed E-state index contributed by atoms with van der Waals surface area (Å²) in [4.78, 5) is 4.94. The third kappa shape index (κ3) is 2.50. The van der Waals surface area contributed by atoms with E-state index in [2.05, 4.69) is 21.4 Å². The van der Waals surface area contributed by atoms with Crippen LogP contribution in [0.3, 0.4) is 0 Å². The maximum absolute atomic E-state index is 14.2. The summed E-state index contributed by atoms with van der Waals surface area (Å²) in [6.45, 7) is 3.85. The average Bonchev–Trinajstić information content (AvgIpc) is 2.25. The largest absolute Gasteiger partial charge is 0.486 e. The van der Waals surface area contributed by atoms with Crippen LogP contribution in [0.2, 0.25) is 5.02 Å². The summed E-state index contributed by atoms with van der Waals surface area (Å²) in [7, 11) is 1.50. The van der Waals surface area contributed by atoms with Crippen LogP contribution in [0.5, 0.6) is 5.75 Å². The fraction of sp³-hybridized carbons (Fsp3) is 0.500. The molecular formula is C12H14BrClFNO2. The predicted molar refractivity (Wildman–Crippen MR) is 71.3 cm³/mol. The Balaban J connectivity index is 2.59. The molecule has 0 aromatic heterocycles. The van der Waals surface area contributed by atoms with Crippen molar-refractivity contribution in [1.29, 1.82) is 0 Å². The molecule has 1 unspecified atom stereocenters. The second-order valence-electron chi connectivity index (χ2n) is 4.84. The molecule has 1 aliphatic rings. The lowest BCUT2D eigenvalue weighted by Crippen LogP contribution is -2.40. The summed E-state index contributed by atoms with van der Waals surface area (Å²) >= 11 is 9.27. The summed E-state index contributed by atoms with van der Waals surface area (Å²) < 4.78 is 20.3. The van der Waals surface area contributed by atoms with Crippen molar-refractivity contribution in [3.63, 3.8) is 0 Å². The second-order valence-corrected chi connectivity index (χ2v) is 6.10. The fourth-order valence-electron chi connectivity index (χ4n) is 2.17. The van der Waals surface area contributed by atoms with Gasteiger partial charge in [-0.05, 0) is 35.8 Å². The number of hydrogen-bond acceptors (Lipinski definition) is 3. The van der Waals surface area contributed by atoms with Gasteiger partial charge in [0.25, 0.3) is 0 Å². The lowest BCUT2D eigenvalue weighted by Gasteiger charge is -2.38. The van der Waals surface area contributed by atoms with Crippen molar-refractivity contribution in [3.8, 4) is 5.75 Å². The first-order valence-corrected chi connectivity index (χ1v) is 6.68. The molecule has 3 nitrogen and oxygen atoms in total. The van der Waals surface area contributed by atoms with Gasteiger partial charge in [0, 0.05) is 6.42 Å². The van der Waals surface area contributed by atoms with E-state index >= 15 is 0 Å². The third-order valence-electron chi connectivity index (χ3n) is 2.84. The van der Waals surface area contributed by atoms with E-state index < -0.39 is 5.60 Å². The quantitative estimate of drug-likeness (QED) is 0.653. The molecule has 1 atom stereocenters. The summed E-state index contributed by atoms with van der Waals surface area (Å²) in [5.41, 5.74) is 2.75. The molecule has 0 radical (unpaired) electrons. The SMILES string of the molecule is CONC1CC(C)(C)Oc2c(Cl)cc(Br)c(F)c21. The van der Waals surface area contributed by atoms with E-state index in [1.165, 1.54) is 13.2 Å². The van der Waals surface area contributed by atoms with E-state index in [1.807, 2.05) is 13.8 Å². The minimum absolute atomic E-state index is 0.302. The highest BCUT2D eigenvalue weighted by Gasteiger charge is 2.38. The van der Waals surface area contributed by atoms with Gasteiger partial charge in [0.15, 0.2) is 0 Å². The molecule has 6 heteroatoms. The van der Waals surface area contributed by atoms with Gasteiger partial charge in [0.1, 0.15) is 17.2 Å². The van der Waals surface area contributed by atoms with Crippen LogP contribution in [0.15, 0.2) is 10.5 Å². The Bertz CT molecular complexity index is 482. The Hall–Kier alpha value is -0.360. The van der Waals surface area contributed by atoms with Gasteiger partial charge in [0.2, 0.25) is 0 Å². The fourth-order valence-corrected chi connectivity index (χ4v) is 2.99. The first-order chi connectivity index (χ1) is 8.35. The zero-order valence-electron chi connectivity index (χ0n) is 10.3. The lowest BCUT2D eigenvalue weighted by atomic mass is 9.90. The van der Waals surface area contributed by atoms with Crippen molar-refractivity contribution in [2.75, 3.05) is 7.11 Å². The van der Waals surface area contributed by atoms with Gasteiger partial charge in [-0.15, -0.1) is 0 Å². The monoisotopic (exact) mass is 337 g/mol. The van der Waals surface area contributed by atoms with Crippen molar-refractivity contribution in [2.45, 2.75) is 31.9 Å². The molecule has 1 aromatic carbocycles. The van der Waals surface area contributed by atoms with Crippen LogP contribution < -0.4 is 10.2 Å². The molecular weight excluding hydrogens is 324 g/mol. The number of benzene rings is 1. The molecule has 0 bridgehead atoms. The zero-order chi connectivity index (χ0) is 13.5. The number of nitrogens with one attached hydrogen (secondary N) is 1. The molecule has 0 fully saturated rings. The van der Waals surface area contributed by atoms with E-state index in [-0.39, 0.29) is 11.9 Å². The highest BCUT2D eigenvalue weighted by atomic mass is 79.9. The van der Waals surface area contributed by atoms with Crippen molar-refractivity contribution >= 4 is 27.5 Å². The van der Waals surface area contributed by atoms with Crippen LogP contribution in [0, 0.1) is 5.82 Å². The molecule has 100 valence electrons. The van der Waals surface area contributed by atoms with Crippen molar-refractivity contribution in [2.24, 2.45) is 0 Å². The highest BCUT2D eigenvalue weighted by Crippen LogP contribution is 2.46. The molecule has 0 saturated heterocycles. The topological polar surface area (TPSA) is 30.5 Å². The molecule has 0 aliphatic carbocycles. The van der Waals surface area contributed by atoms with Gasteiger partial charge in [0.05, 0.1) is 28.2 Å². The molecule has 1 N–H and O–H groups in total. The summed E-state index contributed by atoms with van der Waals surface area (Å²) in [5.74, 6) is 0.00242. The van der Waals surface area contributed by atoms with Gasteiger partial charge >= 0.3 is 0 Å². The summed E-state index contributed by atoms with van der Waals surface area (Å²) in [6, 6.07) is 1.20. The first-order valence-electron chi connectivity index (χ1n) is 5.50. The van der Waals surface area contributed by atoms with Gasteiger partial charge in [-0.3, -0.25) is 0 Å². The molecule has 0 amide bonds. The predicted octanol–water partition coefficient (Wildman–Crippen LogP) is 3.99. The minimum Gasteiger partial charge on any atom is -0.486 e. The zero-order valence-corrected chi connectivity index (χ0v) is 12.7. The summed E-state index contributed by atoms with van der Waals surface area (Å²) in [6.07, 6.45) is 0.581. The Morgan fingerprint density at radius 1 is 1.61 bits per heavy atom. The number of hydroxylamine groups is 1. The molecule has 2 rings (SSSR count). The van der Waals surface area contributed by atoms with Crippen LogP contribution in [0.1, 0.15) is 31.9 Å². The van der Waals surface area contributed by atoms with Crippen LogP contribution >= 0.6 is 27.5 Å². The van der Waals surface area contributed by atoms with Crippen molar-refractivity contribution in [3.05, 3.63) is 26.9 Å². The van der Waals surface area contributed by atoms with Gasteiger partial charge in [-0.1, -0.05) is 11.6 Å². The molecule has 1 aliphatic heterocycles. The van der Waals surface area contributed by atoms with Gasteiger partial charge < -0.3 is 9.57 Å². The molecule has 1 aromatic rings. The van der Waals surface area contributed by atoms with Crippen LogP contribution in [-0.2, 0) is 4.84 Å². The van der Waals surface area contributed by atoms with Crippen molar-refractivity contribution < 1.29 is 14.0 Å². The number of halogens is 3. The lowest BCUT2D eigenvalue weighted by molar-refractivity contribution is 0.00131. The van der Waals surface area contributed by atoms with E-state index in [1.54, 1.807) is 0 Å². The normalized spacial score (nSPS) is 21.3. The Morgan fingerprint density at radius 3 is 2.89 bits per heavy atom. The first kappa shape index (κ1) is 14.1. The van der Waals surface area contributed by atoms with E-state index in [0.717, 1.165) is 0 Å². The van der Waals surface area contributed by atoms with Crippen LogP contribution in [0.25, 0.3) is 0 Å². The number of fused-ring (bicyclic) bond motifs is 1. The molecule has 1 heterocycles. The van der Waals surface area contributed by atoms with Crippen molar-refractivity contribution in [1.82, 2.24) is 5.48 Å². The molecule has 0 saturated carbocycles. The van der Waals surface area contributed by atoms with Gasteiger partial charge in [-0.25, -0.2) is 4.39 Å². The van der Waals surface area contributed by atoms with Crippen LogP contribution in [0.4, 0.5) is 4.39 Å². The number of hydrogen-bond donors (Lipinski definition) is 1. The molecule has 18 heavy (non-hydrogen) atoms. The van der Waals surface area contributed by atoms with E-state index in [4.69, 9.17) is 21.2 Å². The smallest absolute Gasteiger partial charge is 0.146 e. The van der Waals surface area contributed by atoms with E-state index in [0.29, 0.717) is 27.2 Å². The number of ether oxygens (including phenoxy) is 1. The minimum atomic E-state index is -0.437. The van der Waals surface area contributed by atoms with E-state index in [9.17, 15) is 4.39 Å². The molecule has 0 spiro atoms. The summed E-state index contributed by atoms with van der Waals surface area (Å²) in [5, 5.41) is 0.383. The second kappa shape index (κ2) is 4.96. The highest BCUT2D eigenvalue weighted by molar-refractivity contribution is 9.10.